The molecule has 0 atom stereocenters. The molecule has 0 bridgehead atoms. The Morgan fingerprint density at radius 1 is 1.47 bits per heavy atom. The van der Waals surface area contributed by atoms with Crippen LogP contribution >= 0.6 is 0 Å². The van der Waals surface area contributed by atoms with Gasteiger partial charge in [-0.1, -0.05) is 25.5 Å². The molecule has 0 aliphatic rings. The highest BCUT2D eigenvalue weighted by Crippen LogP contribution is 2.14. The molecule has 0 saturated carbocycles. The van der Waals surface area contributed by atoms with E-state index in [9.17, 15) is 4.79 Å². The molecule has 0 saturated heterocycles. The Kier molecular flexibility index (Phi) is 5.49. The minimum absolute atomic E-state index is 0.0763. The molecule has 0 fully saturated rings. The van der Waals surface area contributed by atoms with Crippen molar-refractivity contribution in [3.05, 3.63) is 29.8 Å². The van der Waals surface area contributed by atoms with Gasteiger partial charge in [-0.25, -0.2) is 4.79 Å². The van der Waals surface area contributed by atoms with Crippen molar-refractivity contribution in [1.82, 2.24) is 5.32 Å². The first kappa shape index (κ1) is 13.5. The van der Waals surface area contributed by atoms with Crippen LogP contribution in [0.5, 0.6) is 0 Å². The maximum Gasteiger partial charge on any atom is 0.321 e. The lowest BCUT2D eigenvalue weighted by atomic mass is 10.2. The number of benzene rings is 1. The molecule has 1 aromatic rings. The lowest BCUT2D eigenvalue weighted by Crippen LogP contribution is -2.37. The third-order valence-corrected chi connectivity index (χ3v) is 2.64. The van der Waals surface area contributed by atoms with Crippen molar-refractivity contribution in [2.75, 3.05) is 18.5 Å². The van der Waals surface area contributed by atoms with Crippen molar-refractivity contribution in [2.24, 2.45) is 5.73 Å². The van der Waals surface area contributed by atoms with Gasteiger partial charge in [-0.2, -0.15) is 0 Å². The summed E-state index contributed by atoms with van der Waals surface area (Å²) in [5.74, 6) is 0. The maximum atomic E-state index is 11.8. The van der Waals surface area contributed by atoms with Crippen molar-refractivity contribution in [3.8, 4) is 0 Å². The van der Waals surface area contributed by atoms with Gasteiger partial charge in [0.1, 0.15) is 0 Å². The molecule has 0 spiro atoms. The Morgan fingerprint density at radius 3 is 2.88 bits per heavy atom. The van der Waals surface area contributed by atoms with Crippen LogP contribution in [0.3, 0.4) is 0 Å². The van der Waals surface area contributed by atoms with Crippen molar-refractivity contribution in [2.45, 2.75) is 26.3 Å². The van der Waals surface area contributed by atoms with Crippen LogP contribution in [0.15, 0.2) is 24.3 Å². The summed E-state index contributed by atoms with van der Waals surface area (Å²) in [4.78, 5) is 13.4. The summed E-state index contributed by atoms with van der Waals surface area (Å²) in [6.07, 6.45) is 2.08. The summed E-state index contributed by atoms with van der Waals surface area (Å²) < 4.78 is 0. The van der Waals surface area contributed by atoms with Crippen LogP contribution in [0.25, 0.3) is 0 Å². The summed E-state index contributed by atoms with van der Waals surface area (Å²) in [6.45, 7) is 3.30. The number of nitrogens with one attached hydrogen (secondary N) is 1. The standard InChI is InChI=1S/C13H21N3O/c1-3-4-8-15-13(17)16(2)12-7-5-6-11(9-12)10-14/h5-7,9H,3-4,8,10,14H2,1-2H3,(H,15,17). The average molecular weight is 235 g/mol. The van der Waals surface area contributed by atoms with Crippen LogP contribution < -0.4 is 16.0 Å². The van der Waals surface area contributed by atoms with E-state index in [0.717, 1.165) is 30.6 Å². The second kappa shape index (κ2) is 6.91. The summed E-state index contributed by atoms with van der Waals surface area (Å²) in [6, 6.07) is 7.62. The molecule has 4 heteroatoms. The van der Waals surface area contributed by atoms with Gasteiger partial charge < -0.3 is 11.1 Å². The SMILES string of the molecule is CCCCNC(=O)N(C)c1cccc(CN)c1. The maximum absolute atomic E-state index is 11.8. The number of carbonyl (C=O) groups excluding carboxylic acids is 1. The predicted molar refractivity (Wildman–Crippen MR) is 71.0 cm³/mol. The topological polar surface area (TPSA) is 58.4 Å². The zero-order chi connectivity index (χ0) is 12.7. The number of rotatable bonds is 5. The number of hydrogen-bond donors (Lipinski definition) is 2. The number of urea groups is 1. The minimum Gasteiger partial charge on any atom is -0.338 e. The first-order chi connectivity index (χ1) is 8.19. The van der Waals surface area contributed by atoms with E-state index < -0.39 is 0 Å². The largest absolute Gasteiger partial charge is 0.338 e. The van der Waals surface area contributed by atoms with E-state index >= 15 is 0 Å². The number of carbonyl (C=O) groups is 1. The quantitative estimate of drug-likeness (QED) is 0.768. The highest BCUT2D eigenvalue weighted by Gasteiger charge is 2.09. The zero-order valence-corrected chi connectivity index (χ0v) is 10.6. The molecule has 1 aromatic carbocycles. The molecule has 0 aromatic heterocycles. The molecule has 0 heterocycles. The molecule has 17 heavy (non-hydrogen) atoms. The minimum atomic E-state index is -0.0763. The van der Waals surface area contributed by atoms with Crippen molar-refractivity contribution >= 4 is 11.7 Å². The van der Waals surface area contributed by atoms with E-state index in [1.165, 1.54) is 0 Å². The monoisotopic (exact) mass is 235 g/mol. The highest BCUT2D eigenvalue weighted by molar-refractivity contribution is 5.91. The molecule has 1 rings (SSSR count). The summed E-state index contributed by atoms with van der Waals surface area (Å²) in [5.41, 5.74) is 7.46. The van der Waals surface area contributed by atoms with E-state index in [1.54, 1.807) is 11.9 Å². The second-order valence-electron chi connectivity index (χ2n) is 4.02. The number of amides is 2. The van der Waals surface area contributed by atoms with Gasteiger partial charge in [-0.3, -0.25) is 4.90 Å². The fraction of sp³-hybridized carbons (Fsp3) is 0.462. The van der Waals surface area contributed by atoms with Crippen LogP contribution in [-0.4, -0.2) is 19.6 Å². The number of anilines is 1. The molecular formula is C13H21N3O. The van der Waals surface area contributed by atoms with Crippen molar-refractivity contribution in [1.29, 1.82) is 0 Å². The van der Waals surface area contributed by atoms with Crippen LogP contribution in [0.4, 0.5) is 10.5 Å². The van der Waals surface area contributed by atoms with Gasteiger partial charge in [0.05, 0.1) is 0 Å². The Morgan fingerprint density at radius 2 is 2.24 bits per heavy atom. The molecule has 94 valence electrons. The first-order valence-electron chi connectivity index (χ1n) is 5.99. The Bertz CT molecular complexity index is 365. The fourth-order valence-electron chi connectivity index (χ4n) is 1.50. The number of nitrogens with zero attached hydrogens (tertiary/aromatic N) is 1. The summed E-state index contributed by atoms with van der Waals surface area (Å²) in [5, 5.41) is 2.88. The van der Waals surface area contributed by atoms with E-state index in [2.05, 4.69) is 12.2 Å². The normalized spacial score (nSPS) is 10.1. The number of hydrogen-bond acceptors (Lipinski definition) is 2. The molecule has 2 amide bonds. The fourth-order valence-corrected chi connectivity index (χ4v) is 1.50. The molecule has 0 unspecified atom stereocenters. The van der Waals surface area contributed by atoms with E-state index in [1.807, 2.05) is 24.3 Å². The van der Waals surface area contributed by atoms with Gasteiger partial charge in [0.15, 0.2) is 0 Å². The van der Waals surface area contributed by atoms with Gasteiger partial charge in [0.25, 0.3) is 0 Å². The van der Waals surface area contributed by atoms with Gasteiger partial charge >= 0.3 is 6.03 Å². The van der Waals surface area contributed by atoms with Crippen LogP contribution in [0, 0.1) is 0 Å². The Hall–Kier alpha value is -1.55. The van der Waals surface area contributed by atoms with Gasteiger partial charge in [-0.05, 0) is 24.1 Å². The molecular weight excluding hydrogens is 214 g/mol. The van der Waals surface area contributed by atoms with Crippen molar-refractivity contribution < 1.29 is 4.79 Å². The predicted octanol–water partition coefficient (Wildman–Crippen LogP) is 2.09. The van der Waals surface area contributed by atoms with Gasteiger partial charge in [-0.15, -0.1) is 0 Å². The Labute approximate surface area is 103 Å². The Balaban J connectivity index is 2.61. The number of nitrogens with two attached hydrogens (primary N) is 1. The molecule has 0 radical (unpaired) electrons. The van der Waals surface area contributed by atoms with E-state index in [0.29, 0.717) is 6.54 Å². The van der Waals surface area contributed by atoms with Crippen molar-refractivity contribution in [3.63, 3.8) is 0 Å². The van der Waals surface area contributed by atoms with Gasteiger partial charge in [0, 0.05) is 25.8 Å². The molecule has 3 N–H and O–H groups in total. The zero-order valence-electron chi connectivity index (χ0n) is 10.6. The lowest BCUT2D eigenvalue weighted by molar-refractivity contribution is 0.247. The van der Waals surface area contributed by atoms with Gasteiger partial charge in [0.2, 0.25) is 0 Å². The molecule has 0 aliphatic heterocycles. The lowest BCUT2D eigenvalue weighted by Gasteiger charge is -2.18. The molecule has 0 aliphatic carbocycles. The van der Waals surface area contributed by atoms with E-state index in [-0.39, 0.29) is 6.03 Å². The highest BCUT2D eigenvalue weighted by atomic mass is 16.2. The van der Waals surface area contributed by atoms with E-state index in [4.69, 9.17) is 5.73 Å². The number of unbranched alkanes of at least 4 members (excludes halogenated alkanes) is 1. The first-order valence-corrected chi connectivity index (χ1v) is 5.99. The third kappa shape index (κ3) is 4.07. The average Bonchev–Trinajstić information content (AvgIpc) is 2.38. The summed E-state index contributed by atoms with van der Waals surface area (Å²) in [7, 11) is 1.76. The second-order valence-corrected chi connectivity index (χ2v) is 4.02. The molecule has 4 nitrogen and oxygen atoms in total. The summed E-state index contributed by atoms with van der Waals surface area (Å²) >= 11 is 0. The van der Waals surface area contributed by atoms with Crippen LogP contribution in [0.2, 0.25) is 0 Å². The van der Waals surface area contributed by atoms with Crippen LogP contribution in [0.1, 0.15) is 25.3 Å². The third-order valence-electron chi connectivity index (χ3n) is 2.64. The van der Waals surface area contributed by atoms with Crippen LogP contribution in [-0.2, 0) is 6.54 Å². The smallest absolute Gasteiger partial charge is 0.321 e.